The molecular weight excluding hydrogens is 442 g/mol. The third-order valence-electron chi connectivity index (χ3n) is 5.43. The first-order valence-corrected chi connectivity index (χ1v) is 11.3. The van der Waals surface area contributed by atoms with E-state index in [0.717, 1.165) is 55.5 Å². The summed E-state index contributed by atoms with van der Waals surface area (Å²) in [4.78, 5) is 14.8. The zero-order valence-electron chi connectivity index (χ0n) is 18.6. The van der Waals surface area contributed by atoms with Crippen LogP contribution in [-0.4, -0.2) is 66.6 Å². The first kappa shape index (κ1) is 23.1. The molecule has 0 aliphatic carbocycles. The fourth-order valence-electron chi connectivity index (χ4n) is 3.64. The van der Waals surface area contributed by atoms with Gasteiger partial charge < -0.3 is 20.1 Å². The van der Waals surface area contributed by atoms with Crippen LogP contribution in [0, 0.1) is 0 Å². The zero-order chi connectivity index (χ0) is 23.0. The maximum absolute atomic E-state index is 12.5. The Labute approximate surface area is 198 Å². The normalized spacial score (nSPS) is 14.1. The first-order chi connectivity index (χ1) is 16.1. The predicted octanol–water partition coefficient (Wildman–Crippen LogP) is 3.50. The number of aromatic nitrogens is 2. The van der Waals surface area contributed by atoms with E-state index < -0.39 is 0 Å². The predicted molar refractivity (Wildman–Crippen MR) is 130 cm³/mol. The van der Waals surface area contributed by atoms with Crippen LogP contribution in [0.3, 0.4) is 0 Å². The Bertz CT molecular complexity index is 1060. The van der Waals surface area contributed by atoms with Gasteiger partial charge in [0.1, 0.15) is 12.4 Å². The van der Waals surface area contributed by atoms with Crippen molar-refractivity contribution in [3.05, 3.63) is 59.8 Å². The van der Waals surface area contributed by atoms with Crippen LogP contribution in [-0.2, 0) is 16.6 Å². The number of aryl methyl sites for hydroxylation is 1. The molecule has 174 valence electrons. The summed E-state index contributed by atoms with van der Waals surface area (Å²) in [6, 6.07) is 14.8. The highest BCUT2D eigenvalue weighted by Gasteiger charge is 2.14. The number of rotatable bonds is 9. The number of anilines is 2. The SMILES string of the molecule is Cn1nccc1-c1cc(NC(=O)CNc2ccc(Cl)cc2)ccc1OCCN1CCOCC1. The Balaban J connectivity index is 1.41. The lowest BCUT2D eigenvalue weighted by Gasteiger charge is -2.26. The molecule has 0 radical (unpaired) electrons. The summed E-state index contributed by atoms with van der Waals surface area (Å²) >= 11 is 5.90. The largest absolute Gasteiger partial charge is 0.492 e. The zero-order valence-corrected chi connectivity index (χ0v) is 19.3. The summed E-state index contributed by atoms with van der Waals surface area (Å²) in [6.07, 6.45) is 1.74. The standard InChI is InChI=1S/C24H28ClN5O3/c1-29-22(8-9-27-29)21-16-20(28-24(31)17-26-19-4-2-18(25)3-5-19)6-7-23(21)33-15-12-30-10-13-32-14-11-30/h2-9,16,26H,10-15,17H2,1H3,(H,28,31). The number of hydrogen-bond acceptors (Lipinski definition) is 6. The van der Waals surface area contributed by atoms with E-state index in [1.807, 2.05) is 43.4 Å². The van der Waals surface area contributed by atoms with E-state index in [1.165, 1.54) is 0 Å². The third-order valence-corrected chi connectivity index (χ3v) is 5.68. The maximum atomic E-state index is 12.5. The molecule has 1 fully saturated rings. The highest BCUT2D eigenvalue weighted by molar-refractivity contribution is 6.30. The fourth-order valence-corrected chi connectivity index (χ4v) is 3.76. The molecule has 9 heteroatoms. The van der Waals surface area contributed by atoms with Crippen molar-refractivity contribution in [3.8, 4) is 17.0 Å². The van der Waals surface area contributed by atoms with Gasteiger partial charge in [-0.1, -0.05) is 11.6 Å². The average Bonchev–Trinajstić information content (AvgIpc) is 3.26. The van der Waals surface area contributed by atoms with Crippen molar-refractivity contribution in [3.63, 3.8) is 0 Å². The number of benzene rings is 2. The van der Waals surface area contributed by atoms with Crippen molar-refractivity contribution in [1.82, 2.24) is 14.7 Å². The molecule has 8 nitrogen and oxygen atoms in total. The van der Waals surface area contributed by atoms with Crippen molar-refractivity contribution in [2.45, 2.75) is 0 Å². The van der Waals surface area contributed by atoms with E-state index in [4.69, 9.17) is 21.1 Å². The molecule has 0 spiro atoms. The van der Waals surface area contributed by atoms with Crippen molar-refractivity contribution >= 4 is 28.9 Å². The maximum Gasteiger partial charge on any atom is 0.243 e. The second-order valence-electron chi connectivity index (χ2n) is 7.76. The molecule has 1 aromatic heterocycles. The van der Waals surface area contributed by atoms with Gasteiger partial charge in [-0.05, 0) is 48.5 Å². The fraction of sp³-hybridized carbons (Fsp3) is 0.333. The van der Waals surface area contributed by atoms with Gasteiger partial charge in [-0.25, -0.2) is 0 Å². The number of ether oxygens (including phenoxy) is 2. The van der Waals surface area contributed by atoms with Gasteiger partial charge in [0.25, 0.3) is 0 Å². The molecule has 1 aliphatic heterocycles. The van der Waals surface area contributed by atoms with Crippen molar-refractivity contribution < 1.29 is 14.3 Å². The van der Waals surface area contributed by atoms with Crippen LogP contribution < -0.4 is 15.4 Å². The molecule has 2 N–H and O–H groups in total. The molecule has 0 saturated carbocycles. The van der Waals surface area contributed by atoms with E-state index >= 15 is 0 Å². The number of amides is 1. The van der Waals surface area contributed by atoms with Crippen molar-refractivity contribution in [2.75, 3.05) is 56.6 Å². The molecule has 2 aromatic carbocycles. The lowest BCUT2D eigenvalue weighted by molar-refractivity contribution is -0.114. The number of nitrogens with zero attached hydrogens (tertiary/aromatic N) is 3. The number of nitrogens with one attached hydrogen (secondary N) is 2. The molecule has 3 aromatic rings. The molecular formula is C24H28ClN5O3. The van der Waals surface area contributed by atoms with Gasteiger partial charge in [-0.3, -0.25) is 14.4 Å². The first-order valence-electron chi connectivity index (χ1n) is 10.9. The smallest absolute Gasteiger partial charge is 0.243 e. The third kappa shape index (κ3) is 6.47. The Morgan fingerprint density at radius 1 is 1.12 bits per heavy atom. The Morgan fingerprint density at radius 2 is 1.88 bits per heavy atom. The molecule has 0 unspecified atom stereocenters. The summed E-state index contributed by atoms with van der Waals surface area (Å²) in [6.45, 7) is 4.92. The minimum atomic E-state index is -0.151. The van der Waals surface area contributed by atoms with Crippen LogP contribution in [0.4, 0.5) is 11.4 Å². The highest BCUT2D eigenvalue weighted by atomic mass is 35.5. The van der Waals surface area contributed by atoms with Gasteiger partial charge in [0.05, 0.1) is 25.5 Å². The second-order valence-corrected chi connectivity index (χ2v) is 8.20. The van der Waals surface area contributed by atoms with Gasteiger partial charge in [0.15, 0.2) is 0 Å². The van der Waals surface area contributed by atoms with Crippen molar-refractivity contribution in [2.24, 2.45) is 7.05 Å². The molecule has 0 bridgehead atoms. The van der Waals surface area contributed by atoms with Crippen LogP contribution in [0.25, 0.3) is 11.3 Å². The van der Waals surface area contributed by atoms with E-state index in [-0.39, 0.29) is 12.5 Å². The van der Waals surface area contributed by atoms with Gasteiger partial charge in [-0.15, -0.1) is 0 Å². The Morgan fingerprint density at radius 3 is 2.61 bits per heavy atom. The van der Waals surface area contributed by atoms with Crippen molar-refractivity contribution in [1.29, 1.82) is 0 Å². The summed E-state index contributed by atoms with van der Waals surface area (Å²) in [5.41, 5.74) is 3.30. The topological polar surface area (TPSA) is 80.7 Å². The average molecular weight is 470 g/mol. The molecule has 4 rings (SSSR count). The summed E-state index contributed by atoms with van der Waals surface area (Å²) in [7, 11) is 1.88. The summed E-state index contributed by atoms with van der Waals surface area (Å²) in [5, 5.41) is 11.0. The van der Waals surface area contributed by atoms with E-state index in [0.29, 0.717) is 17.3 Å². The lowest BCUT2D eigenvalue weighted by atomic mass is 10.1. The molecule has 1 aliphatic rings. The summed E-state index contributed by atoms with van der Waals surface area (Å²) in [5.74, 6) is 0.603. The molecule has 0 atom stereocenters. The molecule has 1 amide bonds. The quantitative estimate of drug-likeness (QED) is 0.499. The van der Waals surface area contributed by atoms with Gasteiger partial charge in [0.2, 0.25) is 5.91 Å². The van der Waals surface area contributed by atoms with Gasteiger partial charge in [-0.2, -0.15) is 5.10 Å². The monoisotopic (exact) mass is 469 g/mol. The number of carbonyl (C=O) groups excluding carboxylic acids is 1. The van der Waals surface area contributed by atoms with Crippen LogP contribution in [0.15, 0.2) is 54.7 Å². The minimum absolute atomic E-state index is 0.139. The van der Waals surface area contributed by atoms with E-state index in [1.54, 1.807) is 23.0 Å². The molecule has 2 heterocycles. The number of carbonyl (C=O) groups is 1. The number of morpholine rings is 1. The van der Waals surface area contributed by atoms with E-state index in [2.05, 4.69) is 20.6 Å². The van der Waals surface area contributed by atoms with Gasteiger partial charge in [0, 0.05) is 54.8 Å². The lowest BCUT2D eigenvalue weighted by Crippen LogP contribution is -2.38. The van der Waals surface area contributed by atoms with Crippen LogP contribution >= 0.6 is 11.6 Å². The van der Waals surface area contributed by atoms with E-state index in [9.17, 15) is 4.79 Å². The van der Waals surface area contributed by atoms with Crippen LogP contribution in [0.1, 0.15) is 0 Å². The van der Waals surface area contributed by atoms with Crippen LogP contribution in [0.2, 0.25) is 5.02 Å². The van der Waals surface area contributed by atoms with Gasteiger partial charge >= 0.3 is 0 Å². The Kier molecular flexibility index (Phi) is 7.83. The minimum Gasteiger partial charge on any atom is -0.492 e. The highest BCUT2D eigenvalue weighted by Crippen LogP contribution is 2.32. The number of halogens is 1. The molecule has 1 saturated heterocycles. The number of hydrogen-bond donors (Lipinski definition) is 2. The molecule has 33 heavy (non-hydrogen) atoms. The Hall–Kier alpha value is -3.07. The second kappa shape index (κ2) is 11.2. The summed E-state index contributed by atoms with van der Waals surface area (Å²) < 4.78 is 13.3. The van der Waals surface area contributed by atoms with Crippen LogP contribution in [0.5, 0.6) is 5.75 Å².